The van der Waals surface area contributed by atoms with E-state index in [0.29, 0.717) is 28.8 Å². The Hall–Kier alpha value is -2.31. The number of hydrogen-bond donors (Lipinski definition) is 0. The lowest BCUT2D eigenvalue weighted by Crippen LogP contribution is -2.25. The number of aromatic nitrogens is 2. The van der Waals surface area contributed by atoms with Gasteiger partial charge in [-0.25, -0.2) is 0 Å². The number of carbonyl (C=O) groups excluding carboxylic acids is 1. The Labute approximate surface area is 161 Å². The van der Waals surface area contributed by atoms with Crippen LogP contribution in [0.1, 0.15) is 27.9 Å². The van der Waals surface area contributed by atoms with E-state index < -0.39 is 0 Å². The van der Waals surface area contributed by atoms with Gasteiger partial charge >= 0.3 is 0 Å². The van der Waals surface area contributed by atoms with Crippen LogP contribution in [0.4, 0.5) is 0 Å². The molecule has 0 aliphatic carbocycles. The number of thiophene rings is 1. The molecule has 0 fully saturated rings. The molecule has 0 bridgehead atoms. The first-order valence-corrected chi connectivity index (χ1v) is 9.54. The van der Waals surface area contributed by atoms with Crippen LogP contribution < -0.4 is 4.74 Å². The zero-order valence-electron chi connectivity index (χ0n) is 14.7. The van der Waals surface area contributed by atoms with E-state index in [1.165, 1.54) is 11.3 Å². The fourth-order valence-corrected chi connectivity index (χ4v) is 3.52. The molecule has 3 aromatic rings. The maximum absolute atomic E-state index is 12.6. The maximum Gasteiger partial charge on any atom is 0.264 e. The van der Waals surface area contributed by atoms with Crippen molar-refractivity contribution >= 4 is 28.8 Å². The van der Waals surface area contributed by atoms with E-state index >= 15 is 0 Å². The molecule has 0 spiro atoms. The van der Waals surface area contributed by atoms with E-state index in [9.17, 15) is 4.79 Å². The molecule has 1 amide bonds. The van der Waals surface area contributed by atoms with Crippen molar-refractivity contribution in [3.8, 4) is 5.75 Å². The Kier molecular flexibility index (Phi) is 5.96. The van der Waals surface area contributed by atoms with Crippen LogP contribution in [-0.2, 0) is 19.7 Å². The summed E-state index contributed by atoms with van der Waals surface area (Å²) in [6, 6.07) is 11.1. The maximum atomic E-state index is 12.6. The second-order valence-electron chi connectivity index (χ2n) is 5.89. The quantitative estimate of drug-likeness (QED) is 0.599. The number of ether oxygens (including phenoxy) is 1. The van der Waals surface area contributed by atoms with Gasteiger partial charge in [0, 0.05) is 30.4 Å². The van der Waals surface area contributed by atoms with Gasteiger partial charge in [-0.1, -0.05) is 17.7 Å². The first-order chi connectivity index (χ1) is 12.5. The highest BCUT2D eigenvalue weighted by atomic mass is 35.5. The summed E-state index contributed by atoms with van der Waals surface area (Å²) in [4.78, 5) is 15.0. The van der Waals surface area contributed by atoms with Crippen LogP contribution in [0.3, 0.4) is 0 Å². The normalized spacial score (nSPS) is 10.7. The largest absolute Gasteiger partial charge is 0.489 e. The predicted octanol–water partition coefficient (Wildman–Crippen LogP) is 4.47. The van der Waals surface area contributed by atoms with Crippen molar-refractivity contribution in [2.75, 3.05) is 7.05 Å². The zero-order valence-corrected chi connectivity index (χ0v) is 16.3. The minimum atomic E-state index is -0.0185. The molecule has 0 saturated heterocycles. The summed E-state index contributed by atoms with van der Waals surface area (Å²) in [7, 11) is 1.79. The highest BCUT2D eigenvalue weighted by Gasteiger charge is 2.15. The minimum absolute atomic E-state index is 0.0185. The molecular formula is C19H20ClN3O2S. The fourth-order valence-electron chi connectivity index (χ4n) is 2.45. The Morgan fingerprint density at radius 2 is 2.19 bits per heavy atom. The summed E-state index contributed by atoms with van der Waals surface area (Å²) in [5.41, 5.74) is 1.84. The van der Waals surface area contributed by atoms with Crippen LogP contribution in [0.2, 0.25) is 5.02 Å². The second-order valence-corrected chi connectivity index (χ2v) is 7.24. The molecule has 2 aromatic heterocycles. The zero-order chi connectivity index (χ0) is 18.5. The van der Waals surface area contributed by atoms with Gasteiger partial charge in [-0.2, -0.15) is 5.10 Å². The van der Waals surface area contributed by atoms with Crippen LogP contribution in [0, 0.1) is 0 Å². The smallest absolute Gasteiger partial charge is 0.264 e. The standard InChI is InChI=1S/C19H20ClN3O2S/c1-3-23-8-7-16(21-23)11-22(2)19(24)18-9-14(13-26-18)12-25-17-6-4-5-15(20)10-17/h4-10,13H,3,11-12H2,1-2H3. The average Bonchev–Trinajstić information content (AvgIpc) is 3.28. The SMILES string of the molecule is CCn1ccc(CN(C)C(=O)c2cc(COc3cccc(Cl)c3)cs2)n1. The van der Waals surface area contributed by atoms with Crippen molar-refractivity contribution in [1.29, 1.82) is 0 Å². The number of benzene rings is 1. The molecule has 3 rings (SSSR count). The Bertz CT molecular complexity index is 890. The van der Waals surface area contributed by atoms with Gasteiger partial charge in [0.05, 0.1) is 17.1 Å². The summed E-state index contributed by atoms with van der Waals surface area (Å²) in [5, 5.41) is 6.99. The Morgan fingerprint density at radius 3 is 2.92 bits per heavy atom. The highest BCUT2D eigenvalue weighted by molar-refractivity contribution is 7.12. The van der Waals surface area contributed by atoms with Gasteiger partial charge in [0.15, 0.2) is 0 Å². The second kappa shape index (κ2) is 8.38. The van der Waals surface area contributed by atoms with E-state index in [4.69, 9.17) is 16.3 Å². The highest BCUT2D eigenvalue weighted by Crippen LogP contribution is 2.21. The van der Waals surface area contributed by atoms with Crippen LogP contribution in [0.5, 0.6) is 5.75 Å². The fraction of sp³-hybridized carbons (Fsp3) is 0.263. The summed E-state index contributed by atoms with van der Waals surface area (Å²) in [5.74, 6) is 0.690. The molecule has 7 heteroatoms. The van der Waals surface area contributed by atoms with Crippen molar-refractivity contribution in [3.63, 3.8) is 0 Å². The molecule has 0 radical (unpaired) electrons. The first-order valence-electron chi connectivity index (χ1n) is 8.28. The molecule has 0 aliphatic rings. The molecule has 5 nitrogen and oxygen atoms in total. The predicted molar refractivity (Wildman–Crippen MR) is 104 cm³/mol. The van der Waals surface area contributed by atoms with Crippen LogP contribution in [0.15, 0.2) is 48.0 Å². The molecule has 136 valence electrons. The van der Waals surface area contributed by atoms with Gasteiger partial charge in [-0.05, 0) is 42.6 Å². The van der Waals surface area contributed by atoms with E-state index in [0.717, 1.165) is 17.8 Å². The molecule has 1 aromatic carbocycles. The lowest BCUT2D eigenvalue weighted by atomic mass is 10.3. The molecule has 0 aliphatic heterocycles. The van der Waals surface area contributed by atoms with E-state index in [1.54, 1.807) is 24.1 Å². The van der Waals surface area contributed by atoms with Crippen molar-refractivity contribution in [3.05, 3.63) is 69.1 Å². The monoisotopic (exact) mass is 389 g/mol. The van der Waals surface area contributed by atoms with Gasteiger partial charge < -0.3 is 9.64 Å². The number of amides is 1. The summed E-state index contributed by atoms with van der Waals surface area (Å²) in [6.07, 6.45) is 1.92. The van der Waals surface area contributed by atoms with Crippen molar-refractivity contribution in [2.24, 2.45) is 0 Å². The number of nitrogens with zero attached hydrogens (tertiary/aromatic N) is 3. The third-order valence-electron chi connectivity index (χ3n) is 3.83. The minimum Gasteiger partial charge on any atom is -0.489 e. The molecule has 2 heterocycles. The summed E-state index contributed by atoms with van der Waals surface area (Å²) < 4.78 is 7.57. The number of aryl methyl sites for hydroxylation is 1. The van der Waals surface area contributed by atoms with E-state index in [2.05, 4.69) is 5.10 Å². The van der Waals surface area contributed by atoms with E-state index in [1.807, 2.05) is 47.4 Å². The molecule has 0 N–H and O–H groups in total. The molecule has 0 unspecified atom stereocenters. The Balaban J connectivity index is 1.58. The summed E-state index contributed by atoms with van der Waals surface area (Å²) >= 11 is 7.37. The van der Waals surface area contributed by atoms with Crippen molar-refractivity contribution in [2.45, 2.75) is 26.6 Å². The first kappa shape index (κ1) is 18.5. The summed E-state index contributed by atoms with van der Waals surface area (Å²) in [6.45, 7) is 3.73. The molecule has 0 saturated carbocycles. The molecule has 0 atom stereocenters. The van der Waals surface area contributed by atoms with Gasteiger partial charge in [0.25, 0.3) is 5.91 Å². The van der Waals surface area contributed by atoms with Gasteiger partial charge in [0.2, 0.25) is 0 Å². The van der Waals surface area contributed by atoms with Crippen LogP contribution in [-0.4, -0.2) is 27.6 Å². The van der Waals surface area contributed by atoms with Crippen molar-refractivity contribution < 1.29 is 9.53 Å². The average molecular weight is 390 g/mol. The molecular weight excluding hydrogens is 370 g/mol. The number of halogens is 1. The van der Waals surface area contributed by atoms with Crippen LogP contribution >= 0.6 is 22.9 Å². The van der Waals surface area contributed by atoms with Gasteiger partial charge in [-0.15, -0.1) is 11.3 Å². The van der Waals surface area contributed by atoms with Gasteiger partial charge in [0.1, 0.15) is 12.4 Å². The van der Waals surface area contributed by atoms with Gasteiger partial charge in [-0.3, -0.25) is 9.48 Å². The van der Waals surface area contributed by atoms with E-state index in [-0.39, 0.29) is 5.91 Å². The number of hydrogen-bond acceptors (Lipinski definition) is 4. The third-order valence-corrected chi connectivity index (χ3v) is 5.03. The topological polar surface area (TPSA) is 47.4 Å². The third kappa shape index (κ3) is 4.65. The number of rotatable bonds is 7. The molecule has 26 heavy (non-hydrogen) atoms. The van der Waals surface area contributed by atoms with Crippen molar-refractivity contribution in [1.82, 2.24) is 14.7 Å². The lowest BCUT2D eigenvalue weighted by Gasteiger charge is -2.14. The van der Waals surface area contributed by atoms with Crippen LogP contribution in [0.25, 0.3) is 0 Å². The Morgan fingerprint density at radius 1 is 1.35 bits per heavy atom. The number of carbonyl (C=O) groups is 1. The lowest BCUT2D eigenvalue weighted by molar-refractivity contribution is 0.0788.